The minimum Gasteiger partial charge on any atom is -0.411 e. The van der Waals surface area contributed by atoms with Crippen molar-refractivity contribution >= 4 is 17.3 Å². The van der Waals surface area contributed by atoms with Crippen molar-refractivity contribution in [3.63, 3.8) is 0 Å². The third-order valence-electron chi connectivity index (χ3n) is 2.31. The van der Waals surface area contributed by atoms with Crippen LogP contribution >= 0.6 is 0 Å². The lowest BCUT2D eigenvalue weighted by Gasteiger charge is -2.05. The number of nitrogens with zero attached hydrogens (tertiary/aromatic N) is 1. The molecule has 0 aliphatic heterocycles. The van der Waals surface area contributed by atoms with Crippen LogP contribution in [0, 0.1) is 0 Å². The topological polar surface area (TPSA) is 66.7 Å². The summed E-state index contributed by atoms with van der Waals surface area (Å²) in [5.74, 6) is -0.259. The molecule has 0 fully saturated rings. The molecule has 1 aromatic rings. The van der Waals surface area contributed by atoms with Crippen LogP contribution in [0.2, 0.25) is 0 Å². The van der Waals surface area contributed by atoms with Crippen molar-refractivity contribution in [1.29, 1.82) is 0 Å². The number of benzene rings is 1. The molecule has 0 amide bonds. The van der Waals surface area contributed by atoms with E-state index in [0.717, 1.165) is 0 Å². The van der Waals surface area contributed by atoms with E-state index in [1.165, 1.54) is 13.8 Å². The van der Waals surface area contributed by atoms with Gasteiger partial charge < -0.3 is 5.21 Å². The molecule has 84 valence electrons. The Bertz CT molecular complexity index is 443. The highest BCUT2D eigenvalue weighted by molar-refractivity contribution is 6.05. The monoisotopic (exact) mass is 219 g/mol. The first-order chi connectivity index (χ1) is 7.45. The Hall–Kier alpha value is -1.97. The van der Waals surface area contributed by atoms with Gasteiger partial charge in [-0.15, -0.1) is 0 Å². The molecular weight excluding hydrogens is 206 g/mol. The SMILES string of the molecule is CC(=O)c1cc(C(C)=O)cc(C(C)=NO)c1. The van der Waals surface area contributed by atoms with Gasteiger partial charge in [0, 0.05) is 16.7 Å². The van der Waals surface area contributed by atoms with Crippen molar-refractivity contribution in [2.45, 2.75) is 20.8 Å². The summed E-state index contributed by atoms with van der Waals surface area (Å²) in [5, 5.41) is 11.7. The number of rotatable bonds is 3. The van der Waals surface area contributed by atoms with Crippen LogP contribution in [-0.2, 0) is 0 Å². The Balaban J connectivity index is 3.41. The normalized spacial score (nSPS) is 11.3. The second-order valence-corrected chi connectivity index (χ2v) is 3.60. The van der Waals surface area contributed by atoms with E-state index in [0.29, 0.717) is 22.4 Å². The zero-order chi connectivity index (χ0) is 12.3. The average Bonchev–Trinajstić information content (AvgIpc) is 2.27. The molecule has 0 spiro atoms. The zero-order valence-corrected chi connectivity index (χ0v) is 9.44. The second kappa shape index (κ2) is 4.70. The van der Waals surface area contributed by atoms with Crippen LogP contribution in [0.4, 0.5) is 0 Å². The highest BCUT2D eigenvalue weighted by atomic mass is 16.4. The number of carbonyl (C=O) groups excluding carboxylic acids is 2. The van der Waals surface area contributed by atoms with Crippen LogP contribution in [0.1, 0.15) is 47.1 Å². The third kappa shape index (κ3) is 2.53. The van der Waals surface area contributed by atoms with Gasteiger partial charge in [0.2, 0.25) is 0 Å². The number of hydrogen-bond acceptors (Lipinski definition) is 4. The Morgan fingerprint density at radius 3 is 1.62 bits per heavy atom. The maximum atomic E-state index is 11.3. The van der Waals surface area contributed by atoms with Crippen LogP contribution < -0.4 is 0 Å². The molecule has 0 heterocycles. The summed E-state index contributed by atoms with van der Waals surface area (Å²) in [4.78, 5) is 22.5. The maximum absolute atomic E-state index is 11.3. The van der Waals surface area contributed by atoms with Crippen molar-refractivity contribution in [1.82, 2.24) is 0 Å². The van der Waals surface area contributed by atoms with Crippen LogP contribution in [0.15, 0.2) is 23.4 Å². The van der Waals surface area contributed by atoms with E-state index >= 15 is 0 Å². The predicted molar refractivity (Wildman–Crippen MR) is 60.4 cm³/mol. The van der Waals surface area contributed by atoms with Crippen LogP contribution in [0.5, 0.6) is 0 Å². The summed E-state index contributed by atoms with van der Waals surface area (Å²) in [6.45, 7) is 4.45. The molecule has 1 rings (SSSR count). The maximum Gasteiger partial charge on any atom is 0.159 e. The number of hydrogen-bond donors (Lipinski definition) is 1. The number of carbonyl (C=O) groups is 2. The van der Waals surface area contributed by atoms with Crippen molar-refractivity contribution in [3.05, 3.63) is 34.9 Å². The molecule has 0 saturated carbocycles. The lowest BCUT2D eigenvalue weighted by atomic mass is 9.99. The van der Waals surface area contributed by atoms with Gasteiger partial charge in [-0.3, -0.25) is 9.59 Å². The molecule has 0 aliphatic rings. The minimum atomic E-state index is -0.130. The van der Waals surface area contributed by atoms with E-state index < -0.39 is 0 Å². The van der Waals surface area contributed by atoms with Crippen molar-refractivity contribution in [2.24, 2.45) is 5.16 Å². The highest BCUT2D eigenvalue weighted by Gasteiger charge is 2.09. The van der Waals surface area contributed by atoms with E-state index in [-0.39, 0.29) is 11.6 Å². The standard InChI is InChI=1S/C12H13NO3/c1-7(13-16)10-4-11(8(2)14)6-12(5-10)9(3)15/h4-6,16H,1-3H3. The van der Waals surface area contributed by atoms with Crippen molar-refractivity contribution < 1.29 is 14.8 Å². The summed E-state index contributed by atoms with van der Waals surface area (Å²) in [5.41, 5.74) is 1.81. The Morgan fingerprint density at radius 1 is 0.938 bits per heavy atom. The van der Waals surface area contributed by atoms with E-state index in [1.54, 1.807) is 25.1 Å². The second-order valence-electron chi connectivity index (χ2n) is 3.60. The lowest BCUT2D eigenvalue weighted by Crippen LogP contribution is -2.04. The summed E-state index contributed by atoms with van der Waals surface area (Å²) in [6.07, 6.45) is 0. The van der Waals surface area contributed by atoms with E-state index in [1.807, 2.05) is 0 Å². The molecular formula is C12H13NO3. The molecule has 4 heteroatoms. The molecule has 0 unspecified atom stereocenters. The van der Waals surface area contributed by atoms with Gasteiger partial charge in [-0.25, -0.2) is 0 Å². The summed E-state index contributed by atoms with van der Waals surface area (Å²) in [6, 6.07) is 4.74. The lowest BCUT2D eigenvalue weighted by molar-refractivity contribution is 0.101. The molecule has 1 N–H and O–H groups in total. The largest absolute Gasteiger partial charge is 0.411 e. The fraction of sp³-hybridized carbons (Fsp3) is 0.250. The fourth-order valence-corrected chi connectivity index (χ4v) is 1.30. The quantitative estimate of drug-likeness (QED) is 0.367. The van der Waals surface area contributed by atoms with Gasteiger partial charge in [0.05, 0.1) is 5.71 Å². The van der Waals surface area contributed by atoms with Crippen LogP contribution in [0.25, 0.3) is 0 Å². The first kappa shape index (κ1) is 12.1. The fourth-order valence-electron chi connectivity index (χ4n) is 1.30. The first-order valence-corrected chi connectivity index (χ1v) is 4.81. The molecule has 1 aromatic carbocycles. The molecule has 0 aromatic heterocycles. The van der Waals surface area contributed by atoms with E-state index in [2.05, 4.69) is 5.16 Å². The molecule has 0 atom stereocenters. The van der Waals surface area contributed by atoms with Gasteiger partial charge >= 0.3 is 0 Å². The van der Waals surface area contributed by atoms with E-state index in [9.17, 15) is 9.59 Å². The molecule has 4 nitrogen and oxygen atoms in total. The average molecular weight is 219 g/mol. The van der Waals surface area contributed by atoms with Gasteiger partial charge in [-0.05, 0) is 39.0 Å². The van der Waals surface area contributed by atoms with Gasteiger partial charge in [0.25, 0.3) is 0 Å². The van der Waals surface area contributed by atoms with Crippen molar-refractivity contribution in [3.8, 4) is 0 Å². The predicted octanol–water partition coefficient (Wildman–Crippen LogP) is 2.29. The summed E-state index contributed by atoms with van der Waals surface area (Å²) in [7, 11) is 0. The van der Waals surface area contributed by atoms with E-state index in [4.69, 9.17) is 5.21 Å². The molecule has 0 saturated heterocycles. The number of Topliss-reactive ketones (excluding diaryl/α,β-unsaturated/α-hetero) is 2. The highest BCUT2D eigenvalue weighted by Crippen LogP contribution is 2.13. The Kier molecular flexibility index (Phi) is 3.55. The Morgan fingerprint density at radius 2 is 1.31 bits per heavy atom. The molecule has 0 bridgehead atoms. The summed E-state index contributed by atoms with van der Waals surface area (Å²) >= 11 is 0. The van der Waals surface area contributed by atoms with Gasteiger partial charge in [-0.1, -0.05) is 5.16 Å². The summed E-state index contributed by atoms with van der Waals surface area (Å²) < 4.78 is 0. The first-order valence-electron chi connectivity index (χ1n) is 4.81. The zero-order valence-electron chi connectivity index (χ0n) is 9.44. The van der Waals surface area contributed by atoms with Crippen LogP contribution in [0.3, 0.4) is 0 Å². The molecule has 0 aliphatic carbocycles. The van der Waals surface area contributed by atoms with Gasteiger partial charge in [0.15, 0.2) is 11.6 Å². The van der Waals surface area contributed by atoms with Crippen LogP contribution in [-0.4, -0.2) is 22.5 Å². The van der Waals surface area contributed by atoms with Gasteiger partial charge in [0.1, 0.15) is 0 Å². The smallest absolute Gasteiger partial charge is 0.159 e. The molecule has 0 radical (unpaired) electrons. The molecule has 16 heavy (non-hydrogen) atoms. The number of ketones is 2. The van der Waals surface area contributed by atoms with Gasteiger partial charge in [-0.2, -0.15) is 0 Å². The minimum absolute atomic E-state index is 0.130. The van der Waals surface area contributed by atoms with Crippen molar-refractivity contribution in [2.75, 3.05) is 0 Å². The Labute approximate surface area is 93.6 Å². The third-order valence-corrected chi connectivity index (χ3v) is 2.31. The number of oxime groups is 1.